The molecule has 138 valence electrons. The van der Waals surface area contributed by atoms with Gasteiger partial charge in [-0.05, 0) is 31.4 Å². The third-order valence-corrected chi connectivity index (χ3v) is 4.66. The maximum Gasteiger partial charge on any atom is 0.161 e. The molecule has 1 rings (SSSR count). The standard InChI is InChI=1S/C19H29N3O2S/c1-6-11-21-19(20)18-14(4)17(13-25-18)24-22-12-16(23-5)10-9-15(7-2)8-3/h7,9-10,13,22H,2,6,8,11-12H2,1,3-5H3,(H2,20,21)/b15-9+,16-10+. The van der Waals surface area contributed by atoms with Gasteiger partial charge in [-0.25, -0.2) is 0 Å². The average molecular weight is 364 g/mol. The fraction of sp³-hybridized carbons (Fsp3) is 0.421. The van der Waals surface area contributed by atoms with E-state index in [4.69, 9.17) is 15.3 Å². The minimum Gasteiger partial charge on any atom is -0.500 e. The smallest absolute Gasteiger partial charge is 0.161 e. The Morgan fingerprint density at radius 2 is 2.16 bits per heavy atom. The van der Waals surface area contributed by atoms with Crippen molar-refractivity contribution in [3.05, 3.63) is 52.0 Å². The average Bonchev–Trinajstić information content (AvgIpc) is 2.99. The number of nitrogens with two attached hydrogens (primary N) is 1. The zero-order valence-electron chi connectivity index (χ0n) is 15.6. The van der Waals surface area contributed by atoms with Crippen molar-refractivity contribution >= 4 is 17.2 Å². The van der Waals surface area contributed by atoms with Gasteiger partial charge < -0.3 is 15.3 Å². The van der Waals surface area contributed by atoms with Crippen LogP contribution in [-0.4, -0.2) is 26.0 Å². The van der Waals surface area contributed by atoms with Gasteiger partial charge in [0.2, 0.25) is 0 Å². The lowest BCUT2D eigenvalue weighted by Gasteiger charge is -2.09. The molecule has 0 amide bonds. The van der Waals surface area contributed by atoms with E-state index in [1.807, 2.05) is 30.5 Å². The number of nitrogens with one attached hydrogen (secondary N) is 1. The highest BCUT2D eigenvalue weighted by atomic mass is 32.1. The Bertz CT molecular complexity index is 645. The first-order chi connectivity index (χ1) is 12.1. The van der Waals surface area contributed by atoms with Gasteiger partial charge in [-0.2, -0.15) is 0 Å². The number of allylic oxidation sites excluding steroid dienone is 4. The van der Waals surface area contributed by atoms with E-state index in [0.29, 0.717) is 12.4 Å². The lowest BCUT2D eigenvalue weighted by atomic mass is 10.2. The van der Waals surface area contributed by atoms with Gasteiger partial charge >= 0.3 is 0 Å². The predicted octanol–water partition coefficient (Wildman–Crippen LogP) is 4.11. The van der Waals surface area contributed by atoms with Crippen LogP contribution in [-0.2, 0) is 4.74 Å². The van der Waals surface area contributed by atoms with E-state index in [-0.39, 0.29) is 0 Å². The number of nitrogens with zero attached hydrogens (tertiary/aromatic N) is 1. The number of rotatable bonds is 11. The number of methoxy groups -OCH3 is 1. The largest absolute Gasteiger partial charge is 0.500 e. The molecule has 0 aliphatic carbocycles. The van der Waals surface area contributed by atoms with Crippen molar-refractivity contribution < 1.29 is 9.57 Å². The third kappa shape index (κ3) is 6.76. The number of hydrogen-bond acceptors (Lipinski definition) is 5. The Kier molecular flexibility index (Phi) is 9.65. The fourth-order valence-corrected chi connectivity index (χ4v) is 2.89. The number of ether oxygens (including phenoxy) is 1. The predicted molar refractivity (Wildman–Crippen MR) is 107 cm³/mol. The molecule has 0 aliphatic rings. The molecule has 0 unspecified atom stereocenters. The van der Waals surface area contributed by atoms with Crippen molar-refractivity contribution in [3.8, 4) is 5.75 Å². The second-order valence-electron chi connectivity index (χ2n) is 5.38. The van der Waals surface area contributed by atoms with Gasteiger partial charge in [0, 0.05) is 17.5 Å². The molecule has 0 atom stereocenters. The molecule has 6 heteroatoms. The highest BCUT2D eigenvalue weighted by Crippen LogP contribution is 2.28. The summed E-state index contributed by atoms with van der Waals surface area (Å²) in [6.07, 6.45) is 7.65. The Labute approximate surface area is 154 Å². The number of amidine groups is 1. The van der Waals surface area contributed by atoms with Crippen LogP contribution in [0, 0.1) is 6.92 Å². The molecule has 1 aromatic heterocycles. The van der Waals surface area contributed by atoms with Crippen molar-refractivity contribution in [3.63, 3.8) is 0 Å². The van der Waals surface area contributed by atoms with Crippen LogP contribution in [0.4, 0.5) is 0 Å². The number of thiophene rings is 1. The first-order valence-corrected chi connectivity index (χ1v) is 9.29. The molecule has 0 saturated carbocycles. The van der Waals surface area contributed by atoms with Gasteiger partial charge in [-0.15, -0.1) is 16.8 Å². The lowest BCUT2D eigenvalue weighted by Crippen LogP contribution is -2.22. The van der Waals surface area contributed by atoms with Crippen molar-refractivity contribution in [2.24, 2.45) is 10.7 Å². The van der Waals surface area contributed by atoms with Crippen molar-refractivity contribution in [2.45, 2.75) is 33.6 Å². The second-order valence-corrected chi connectivity index (χ2v) is 6.26. The van der Waals surface area contributed by atoms with Gasteiger partial charge in [0.25, 0.3) is 0 Å². The molecule has 0 saturated heterocycles. The Morgan fingerprint density at radius 3 is 2.76 bits per heavy atom. The lowest BCUT2D eigenvalue weighted by molar-refractivity contribution is 0.176. The third-order valence-electron chi connectivity index (χ3n) is 3.58. The highest BCUT2D eigenvalue weighted by Gasteiger charge is 2.12. The summed E-state index contributed by atoms with van der Waals surface area (Å²) in [5.74, 6) is 2.09. The van der Waals surface area contributed by atoms with Crippen LogP contribution in [0.5, 0.6) is 5.75 Å². The molecule has 0 aliphatic heterocycles. The SMILES string of the molecule is C=C/C(=C\C=C(/CNOc1csc(C(N)=NCCC)c1C)OC)CC. The van der Waals surface area contributed by atoms with E-state index >= 15 is 0 Å². The Morgan fingerprint density at radius 1 is 1.40 bits per heavy atom. The summed E-state index contributed by atoms with van der Waals surface area (Å²) < 4.78 is 5.35. The number of hydrogen-bond donors (Lipinski definition) is 2. The first-order valence-electron chi connectivity index (χ1n) is 8.41. The van der Waals surface area contributed by atoms with E-state index in [0.717, 1.165) is 46.9 Å². The topological polar surface area (TPSA) is 68.9 Å². The summed E-state index contributed by atoms with van der Waals surface area (Å²) in [6.45, 7) is 11.1. The first kappa shape index (κ1) is 21.0. The van der Waals surface area contributed by atoms with Crippen LogP contribution in [0.25, 0.3) is 0 Å². The zero-order chi connectivity index (χ0) is 18.7. The molecule has 0 spiro atoms. The monoisotopic (exact) mass is 363 g/mol. The van der Waals surface area contributed by atoms with E-state index in [1.54, 1.807) is 7.11 Å². The Hall–Kier alpha value is -2.05. The van der Waals surface area contributed by atoms with Gasteiger partial charge in [-0.1, -0.05) is 32.6 Å². The maximum atomic E-state index is 6.03. The molecule has 3 N–H and O–H groups in total. The molecule has 0 bridgehead atoms. The zero-order valence-corrected chi connectivity index (χ0v) is 16.4. The molecule has 0 fully saturated rings. The highest BCUT2D eigenvalue weighted by molar-refractivity contribution is 7.12. The van der Waals surface area contributed by atoms with Crippen molar-refractivity contribution in [1.82, 2.24) is 5.48 Å². The van der Waals surface area contributed by atoms with Crippen LogP contribution in [0.1, 0.15) is 37.1 Å². The van der Waals surface area contributed by atoms with Crippen LogP contribution < -0.4 is 16.1 Å². The normalized spacial score (nSPS) is 13.0. The summed E-state index contributed by atoms with van der Waals surface area (Å²) in [6, 6.07) is 0. The summed E-state index contributed by atoms with van der Waals surface area (Å²) in [5, 5.41) is 1.93. The number of hydroxylamine groups is 1. The molecule has 25 heavy (non-hydrogen) atoms. The minimum absolute atomic E-state index is 0.450. The Balaban J connectivity index is 2.67. The maximum absolute atomic E-state index is 6.03. The van der Waals surface area contributed by atoms with Crippen LogP contribution >= 0.6 is 11.3 Å². The summed E-state index contributed by atoms with van der Waals surface area (Å²) in [7, 11) is 1.64. The molecule has 5 nitrogen and oxygen atoms in total. The second kappa shape index (κ2) is 11.5. The molecule has 1 aromatic rings. The summed E-state index contributed by atoms with van der Waals surface area (Å²) in [5.41, 5.74) is 11.1. The van der Waals surface area contributed by atoms with Crippen LogP contribution in [0.3, 0.4) is 0 Å². The van der Waals surface area contributed by atoms with Gasteiger partial charge in [0.1, 0.15) is 11.6 Å². The summed E-state index contributed by atoms with van der Waals surface area (Å²) >= 11 is 1.53. The number of aliphatic imine (C=N–C) groups is 1. The molecular formula is C19H29N3O2S. The summed E-state index contributed by atoms with van der Waals surface area (Å²) in [4.78, 5) is 11.0. The van der Waals surface area contributed by atoms with Crippen molar-refractivity contribution in [1.29, 1.82) is 0 Å². The minimum atomic E-state index is 0.450. The van der Waals surface area contributed by atoms with Crippen molar-refractivity contribution in [2.75, 3.05) is 20.2 Å². The molecule has 0 aromatic carbocycles. The van der Waals surface area contributed by atoms with E-state index in [2.05, 4.69) is 30.9 Å². The quantitative estimate of drug-likeness (QED) is 0.204. The molecule has 1 heterocycles. The van der Waals surface area contributed by atoms with E-state index < -0.39 is 0 Å². The van der Waals surface area contributed by atoms with Gasteiger partial charge in [-0.3, -0.25) is 4.99 Å². The molecular weight excluding hydrogens is 334 g/mol. The van der Waals surface area contributed by atoms with E-state index in [9.17, 15) is 0 Å². The van der Waals surface area contributed by atoms with Crippen LogP contribution in [0.15, 0.2) is 46.5 Å². The van der Waals surface area contributed by atoms with Gasteiger partial charge in [0.15, 0.2) is 5.75 Å². The van der Waals surface area contributed by atoms with E-state index in [1.165, 1.54) is 11.3 Å². The van der Waals surface area contributed by atoms with Crippen LogP contribution in [0.2, 0.25) is 0 Å². The molecule has 0 radical (unpaired) electrons. The fourth-order valence-electron chi connectivity index (χ4n) is 1.97. The van der Waals surface area contributed by atoms with Gasteiger partial charge in [0.05, 0.1) is 18.5 Å².